The Morgan fingerprint density at radius 1 is 1.23 bits per heavy atom. The highest BCUT2D eigenvalue weighted by molar-refractivity contribution is 6.30. The van der Waals surface area contributed by atoms with Gasteiger partial charge in [-0.15, -0.1) is 0 Å². The lowest BCUT2D eigenvalue weighted by atomic mass is 9.87. The van der Waals surface area contributed by atoms with E-state index in [1.54, 1.807) is 12.1 Å². The second kappa shape index (κ2) is 8.56. The Kier molecular flexibility index (Phi) is 6.17. The molecule has 0 bridgehead atoms. The molecule has 1 amide bonds. The number of hydrogen-bond donors (Lipinski definition) is 1. The molecule has 4 nitrogen and oxygen atoms in total. The number of carbonyl (C=O) groups is 1. The highest BCUT2D eigenvalue weighted by Gasteiger charge is 2.27. The number of ether oxygens (including phenoxy) is 1. The van der Waals surface area contributed by atoms with Crippen LogP contribution in [-0.2, 0) is 9.53 Å². The van der Waals surface area contributed by atoms with Crippen LogP contribution in [0.15, 0.2) is 48.5 Å². The normalized spacial score (nSPS) is 16.2. The van der Waals surface area contributed by atoms with Crippen LogP contribution in [0.5, 0.6) is 5.75 Å². The second-order valence-electron chi connectivity index (χ2n) is 6.72. The number of nitrogens with zero attached hydrogens (tertiary/aromatic N) is 1. The van der Waals surface area contributed by atoms with Gasteiger partial charge in [0.05, 0.1) is 0 Å². The first-order valence-electron chi connectivity index (χ1n) is 8.93. The molecule has 5 heteroatoms. The summed E-state index contributed by atoms with van der Waals surface area (Å²) < 4.78 is 5.39. The summed E-state index contributed by atoms with van der Waals surface area (Å²) in [5.74, 6) is 0.00816. The zero-order valence-corrected chi connectivity index (χ0v) is 15.7. The molecule has 0 saturated carbocycles. The Balaban J connectivity index is 1.86. The smallest absolute Gasteiger partial charge is 0.223 e. The van der Waals surface area contributed by atoms with E-state index in [0.717, 1.165) is 24.0 Å². The lowest BCUT2D eigenvalue weighted by Gasteiger charge is -2.32. The third-order valence-corrected chi connectivity index (χ3v) is 5.31. The number of hydrogen-bond acceptors (Lipinski definition) is 3. The van der Waals surface area contributed by atoms with Crippen molar-refractivity contribution in [2.24, 2.45) is 0 Å². The first-order valence-corrected chi connectivity index (χ1v) is 9.31. The summed E-state index contributed by atoms with van der Waals surface area (Å²) in [5, 5.41) is 11.0. The predicted molar refractivity (Wildman–Crippen MR) is 103 cm³/mol. The number of amides is 1. The van der Waals surface area contributed by atoms with Crippen LogP contribution in [0.2, 0.25) is 5.02 Å². The van der Waals surface area contributed by atoms with E-state index in [0.29, 0.717) is 18.2 Å². The molecule has 0 spiro atoms. The lowest BCUT2D eigenvalue weighted by molar-refractivity contribution is -0.133. The summed E-state index contributed by atoms with van der Waals surface area (Å²) in [6, 6.07) is 14.9. The minimum Gasteiger partial charge on any atom is -0.508 e. The molecule has 0 radical (unpaired) electrons. The van der Waals surface area contributed by atoms with Crippen molar-refractivity contribution in [2.75, 3.05) is 20.3 Å². The van der Waals surface area contributed by atoms with E-state index >= 15 is 0 Å². The van der Waals surface area contributed by atoms with Gasteiger partial charge < -0.3 is 14.7 Å². The number of halogens is 1. The van der Waals surface area contributed by atoms with E-state index in [1.807, 2.05) is 48.3 Å². The first-order chi connectivity index (χ1) is 12.6. The summed E-state index contributed by atoms with van der Waals surface area (Å²) in [6.07, 6.45) is 2.01. The Labute approximate surface area is 159 Å². The van der Waals surface area contributed by atoms with Gasteiger partial charge in [-0.05, 0) is 36.6 Å². The van der Waals surface area contributed by atoms with Crippen molar-refractivity contribution in [3.8, 4) is 5.75 Å². The van der Waals surface area contributed by atoms with E-state index in [-0.39, 0.29) is 30.0 Å². The van der Waals surface area contributed by atoms with Crippen LogP contribution in [0.4, 0.5) is 0 Å². The predicted octanol–water partition coefficient (Wildman–Crippen LogP) is 4.21. The fraction of sp³-hybridized carbons (Fsp3) is 0.381. The molecule has 1 heterocycles. The summed E-state index contributed by atoms with van der Waals surface area (Å²) in [5.41, 5.74) is 1.66. The van der Waals surface area contributed by atoms with Crippen LogP contribution in [0.3, 0.4) is 0 Å². The van der Waals surface area contributed by atoms with Crippen molar-refractivity contribution in [1.29, 1.82) is 0 Å². The zero-order chi connectivity index (χ0) is 18.5. The molecule has 26 heavy (non-hydrogen) atoms. The Bertz CT molecular complexity index is 758. The largest absolute Gasteiger partial charge is 0.508 e. The summed E-state index contributed by atoms with van der Waals surface area (Å²) >= 11 is 6.17. The number of rotatable bonds is 5. The fourth-order valence-electron chi connectivity index (χ4n) is 3.51. The van der Waals surface area contributed by atoms with E-state index in [1.165, 1.54) is 0 Å². The number of aromatic hydroxyl groups is 1. The van der Waals surface area contributed by atoms with E-state index in [9.17, 15) is 9.90 Å². The molecule has 0 aromatic heterocycles. The summed E-state index contributed by atoms with van der Waals surface area (Å²) in [4.78, 5) is 14.8. The summed E-state index contributed by atoms with van der Waals surface area (Å²) in [6.45, 7) is 1.39. The van der Waals surface area contributed by atoms with Gasteiger partial charge in [0.25, 0.3) is 0 Å². The van der Waals surface area contributed by atoms with E-state index in [2.05, 4.69) is 0 Å². The maximum atomic E-state index is 13.0. The third kappa shape index (κ3) is 4.37. The molecule has 1 aliphatic heterocycles. The quantitative estimate of drug-likeness (QED) is 0.854. The molecule has 1 unspecified atom stereocenters. The number of para-hydroxylation sites is 1. The molecule has 138 valence electrons. The Morgan fingerprint density at radius 2 is 1.96 bits per heavy atom. The maximum absolute atomic E-state index is 13.0. The minimum absolute atomic E-state index is 0.0603. The molecule has 2 aromatic carbocycles. The standard InChI is InChI=1S/C21H24ClNO3/c1-23(17-9-11-26-12-10-17)21(25)14-19(15-5-4-6-16(22)13-15)18-7-2-3-8-20(18)24/h2-8,13,17,19,24H,9-12,14H2,1H3. The number of benzene rings is 2. The van der Waals surface area contributed by atoms with Crippen molar-refractivity contribution in [2.45, 2.75) is 31.2 Å². The number of phenols is 1. The van der Waals surface area contributed by atoms with Gasteiger partial charge >= 0.3 is 0 Å². The van der Waals surface area contributed by atoms with Crippen LogP contribution in [-0.4, -0.2) is 42.2 Å². The van der Waals surface area contributed by atoms with Gasteiger partial charge in [-0.2, -0.15) is 0 Å². The number of carbonyl (C=O) groups excluding carboxylic acids is 1. The van der Waals surface area contributed by atoms with Crippen molar-refractivity contribution in [3.05, 3.63) is 64.7 Å². The molecular formula is C21H24ClNO3. The summed E-state index contributed by atoms with van der Waals surface area (Å²) in [7, 11) is 1.86. The second-order valence-corrected chi connectivity index (χ2v) is 7.16. The molecule has 1 aliphatic rings. The van der Waals surface area contributed by atoms with Crippen molar-refractivity contribution in [1.82, 2.24) is 4.90 Å². The number of phenolic OH excluding ortho intramolecular Hbond substituents is 1. The Morgan fingerprint density at radius 3 is 2.65 bits per heavy atom. The van der Waals surface area contributed by atoms with Gasteiger partial charge in [0.1, 0.15) is 5.75 Å². The highest BCUT2D eigenvalue weighted by Crippen LogP contribution is 2.35. The molecule has 2 aromatic rings. The lowest BCUT2D eigenvalue weighted by Crippen LogP contribution is -2.41. The van der Waals surface area contributed by atoms with Crippen molar-refractivity contribution in [3.63, 3.8) is 0 Å². The topological polar surface area (TPSA) is 49.8 Å². The molecule has 1 fully saturated rings. The van der Waals surface area contributed by atoms with Gasteiger partial charge in [0, 0.05) is 49.2 Å². The monoisotopic (exact) mass is 373 g/mol. The van der Waals surface area contributed by atoms with E-state index in [4.69, 9.17) is 16.3 Å². The maximum Gasteiger partial charge on any atom is 0.223 e. The van der Waals surface area contributed by atoms with Crippen molar-refractivity contribution < 1.29 is 14.6 Å². The van der Waals surface area contributed by atoms with Crippen LogP contribution in [0.25, 0.3) is 0 Å². The van der Waals surface area contributed by atoms with E-state index < -0.39 is 0 Å². The van der Waals surface area contributed by atoms with Gasteiger partial charge in [0.2, 0.25) is 5.91 Å². The third-order valence-electron chi connectivity index (χ3n) is 5.07. The molecule has 1 atom stereocenters. The fourth-order valence-corrected chi connectivity index (χ4v) is 3.71. The van der Waals surface area contributed by atoms with Crippen LogP contribution in [0, 0.1) is 0 Å². The van der Waals surface area contributed by atoms with Crippen molar-refractivity contribution >= 4 is 17.5 Å². The molecule has 3 rings (SSSR count). The van der Waals surface area contributed by atoms with Gasteiger partial charge in [0.15, 0.2) is 0 Å². The van der Waals surface area contributed by atoms with Crippen LogP contribution >= 0.6 is 11.6 Å². The molecular weight excluding hydrogens is 350 g/mol. The Hall–Kier alpha value is -2.04. The average molecular weight is 374 g/mol. The van der Waals surface area contributed by atoms with Gasteiger partial charge in [-0.3, -0.25) is 4.79 Å². The highest BCUT2D eigenvalue weighted by atomic mass is 35.5. The molecule has 1 saturated heterocycles. The minimum atomic E-state index is -0.246. The molecule has 1 N–H and O–H groups in total. The zero-order valence-electron chi connectivity index (χ0n) is 14.9. The SMILES string of the molecule is CN(C(=O)CC(c1cccc(Cl)c1)c1ccccc1O)C1CCOCC1. The first kappa shape index (κ1) is 18.7. The van der Waals surface area contributed by atoms with Crippen LogP contribution < -0.4 is 0 Å². The molecule has 0 aliphatic carbocycles. The van der Waals surface area contributed by atoms with Crippen LogP contribution in [0.1, 0.15) is 36.3 Å². The van der Waals surface area contributed by atoms with Gasteiger partial charge in [-0.1, -0.05) is 41.9 Å². The average Bonchev–Trinajstić information content (AvgIpc) is 2.66. The van der Waals surface area contributed by atoms with Gasteiger partial charge in [-0.25, -0.2) is 0 Å².